The van der Waals surface area contributed by atoms with E-state index in [0.29, 0.717) is 12.8 Å². The van der Waals surface area contributed by atoms with Gasteiger partial charge in [-0.1, -0.05) is 25.3 Å². The van der Waals surface area contributed by atoms with Crippen molar-refractivity contribution in [2.75, 3.05) is 6.61 Å². The molecule has 0 aromatic heterocycles. The summed E-state index contributed by atoms with van der Waals surface area (Å²) in [6, 6.07) is 5.54. The zero-order valence-corrected chi connectivity index (χ0v) is 16.9. The summed E-state index contributed by atoms with van der Waals surface area (Å²) in [6.45, 7) is 5.41. The normalized spacial score (nSPS) is 16.7. The fraction of sp³-hybridized carbons (Fsp3) is 0.579. The Labute approximate surface area is 160 Å². The summed E-state index contributed by atoms with van der Waals surface area (Å²) in [5, 5.41) is 2.82. The van der Waals surface area contributed by atoms with Crippen LogP contribution in [0.3, 0.4) is 0 Å². The number of carbonyl (C=O) groups is 2. The fourth-order valence-corrected chi connectivity index (χ4v) is 4.57. The van der Waals surface area contributed by atoms with E-state index in [4.69, 9.17) is 4.74 Å². The molecule has 8 heteroatoms. The van der Waals surface area contributed by atoms with Gasteiger partial charge in [-0.3, -0.25) is 4.79 Å². The van der Waals surface area contributed by atoms with Gasteiger partial charge in [0.1, 0.15) is 5.54 Å². The lowest BCUT2D eigenvalue weighted by molar-refractivity contribution is -0.152. The first kappa shape index (κ1) is 21.4. The van der Waals surface area contributed by atoms with Gasteiger partial charge in [0, 0.05) is 11.6 Å². The van der Waals surface area contributed by atoms with Crippen LogP contribution in [0.2, 0.25) is 0 Å². The fourth-order valence-electron chi connectivity index (χ4n) is 3.28. The SMILES string of the molecule is CCOC(=O)C1(NC(=O)c2cccc(S(=O)(=O)NC(C)C)c2)CCCCC1. The van der Waals surface area contributed by atoms with Crippen LogP contribution in [-0.4, -0.2) is 38.5 Å². The van der Waals surface area contributed by atoms with Gasteiger partial charge in [-0.15, -0.1) is 0 Å². The first-order valence-corrected chi connectivity index (χ1v) is 10.8. The molecule has 0 bridgehead atoms. The first-order valence-electron chi connectivity index (χ1n) is 9.32. The second-order valence-electron chi connectivity index (χ2n) is 7.12. The molecule has 0 atom stereocenters. The third kappa shape index (κ3) is 5.29. The summed E-state index contributed by atoms with van der Waals surface area (Å²) in [4.78, 5) is 25.3. The zero-order valence-electron chi connectivity index (χ0n) is 16.1. The van der Waals surface area contributed by atoms with Gasteiger partial charge in [0.2, 0.25) is 10.0 Å². The highest BCUT2D eigenvalue weighted by atomic mass is 32.2. The summed E-state index contributed by atoms with van der Waals surface area (Å²) in [6.07, 6.45) is 3.69. The van der Waals surface area contributed by atoms with Crippen LogP contribution >= 0.6 is 0 Å². The van der Waals surface area contributed by atoms with Gasteiger partial charge in [-0.2, -0.15) is 0 Å². The van der Waals surface area contributed by atoms with Crippen molar-refractivity contribution in [1.29, 1.82) is 0 Å². The minimum Gasteiger partial charge on any atom is -0.464 e. The Kier molecular flexibility index (Phi) is 7.00. The number of nitrogens with one attached hydrogen (secondary N) is 2. The summed E-state index contributed by atoms with van der Waals surface area (Å²) in [5.41, 5.74) is -0.855. The largest absolute Gasteiger partial charge is 0.464 e. The lowest BCUT2D eigenvalue weighted by atomic mass is 9.81. The number of hydrogen-bond acceptors (Lipinski definition) is 5. The molecule has 0 spiro atoms. The molecule has 2 N–H and O–H groups in total. The molecule has 0 aliphatic heterocycles. The number of benzene rings is 1. The topological polar surface area (TPSA) is 102 Å². The van der Waals surface area contributed by atoms with Crippen LogP contribution in [0.15, 0.2) is 29.2 Å². The summed E-state index contributed by atoms with van der Waals surface area (Å²) in [5.74, 6) is -0.908. The minimum atomic E-state index is -3.71. The molecule has 1 aromatic rings. The number of hydrogen-bond donors (Lipinski definition) is 2. The van der Waals surface area contributed by atoms with E-state index in [9.17, 15) is 18.0 Å². The van der Waals surface area contributed by atoms with E-state index < -0.39 is 27.4 Å². The summed E-state index contributed by atoms with van der Waals surface area (Å²) >= 11 is 0. The molecule has 1 aliphatic carbocycles. The predicted molar refractivity (Wildman–Crippen MR) is 102 cm³/mol. The highest BCUT2D eigenvalue weighted by Gasteiger charge is 2.42. The minimum absolute atomic E-state index is 0.0117. The average molecular weight is 397 g/mol. The number of sulfonamides is 1. The predicted octanol–water partition coefficient (Wildman–Crippen LogP) is 2.37. The van der Waals surface area contributed by atoms with Gasteiger partial charge in [0.15, 0.2) is 0 Å². The molecule has 0 heterocycles. The number of ether oxygens (including phenoxy) is 1. The third-order valence-corrected chi connectivity index (χ3v) is 6.18. The van der Waals surface area contributed by atoms with Crippen molar-refractivity contribution in [3.63, 3.8) is 0 Å². The van der Waals surface area contributed by atoms with Crippen LogP contribution in [-0.2, 0) is 19.6 Å². The van der Waals surface area contributed by atoms with E-state index in [1.54, 1.807) is 20.8 Å². The highest BCUT2D eigenvalue weighted by molar-refractivity contribution is 7.89. The molecule has 1 saturated carbocycles. The average Bonchev–Trinajstić information content (AvgIpc) is 2.62. The second-order valence-corrected chi connectivity index (χ2v) is 8.84. The molecule has 0 saturated heterocycles. The lowest BCUT2D eigenvalue weighted by Gasteiger charge is -2.35. The molecular formula is C19H28N2O5S. The maximum absolute atomic E-state index is 12.8. The van der Waals surface area contributed by atoms with Crippen molar-refractivity contribution in [3.05, 3.63) is 29.8 Å². The second kappa shape index (κ2) is 8.84. The quantitative estimate of drug-likeness (QED) is 0.689. The van der Waals surface area contributed by atoms with Crippen LogP contribution < -0.4 is 10.0 Å². The Morgan fingerprint density at radius 3 is 2.44 bits per heavy atom. The maximum Gasteiger partial charge on any atom is 0.331 e. The molecule has 150 valence electrons. The molecule has 1 aliphatic rings. The van der Waals surface area contributed by atoms with Crippen LogP contribution in [0.5, 0.6) is 0 Å². The van der Waals surface area contributed by atoms with Gasteiger partial charge < -0.3 is 10.1 Å². The molecular weight excluding hydrogens is 368 g/mol. The Bertz CT molecular complexity index is 783. The lowest BCUT2D eigenvalue weighted by Crippen LogP contribution is -2.56. The molecule has 1 aromatic carbocycles. The van der Waals surface area contributed by atoms with Crippen molar-refractivity contribution in [1.82, 2.24) is 10.0 Å². The first-order chi connectivity index (χ1) is 12.7. The van der Waals surface area contributed by atoms with E-state index >= 15 is 0 Å². The standard InChI is InChI=1S/C19H28N2O5S/c1-4-26-18(23)19(11-6-5-7-12-19)20-17(22)15-9-8-10-16(13-15)27(24,25)21-14(2)3/h8-10,13-14,21H,4-7,11-12H2,1-3H3,(H,20,22). The van der Waals surface area contributed by atoms with E-state index in [2.05, 4.69) is 10.0 Å². The third-order valence-electron chi connectivity index (χ3n) is 4.52. The van der Waals surface area contributed by atoms with Gasteiger partial charge >= 0.3 is 5.97 Å². The van der Waals surface area contributed by atoms with Crippen molar-refractivity contribution < 1.29 is 22.7 Å². The van der Waals surface area contributed by atoms with Crippen molar-refractivity contribution in [2.24, 2.45) is 0 Å². The van der Waals surface area contributed by atoms with Crippen LogP contribution in [0.25, 0.3) is 0 Å². The van der Waals surface area contributed by atoms with Crippen molar-refractivity contribution in [3.8, 4) is 0 Å². The van der Waals surface area contributed by atoms with Gasteiger partial charge in [0.25, 0.3) is 5.91 Å². The molecule has 27 heavy (non-hydrogen) atoms. The van der Waals surface area contributed by atoms with Gasteiger partial charge in [-0.05, 0) is 51.8 Å². The van der Waals surface area contributed by atoms with Crippen LogP contribution in [0.1, 0.15) is 63.2 Å². The number of carbonyl (C=O) groups excluding carboxylic acids is 2. The van der Waals surface area contributed by atoms with E-state index in [-0.39, 0.29) is 23.1 Å². The summed E-state index contributed by atoms with van der Waals surface area (Å²) < 4.78 is 32.4. The molecule has 1 amide bonds. The Morgan fingerprint density at radius 2 is 1.85 bits per heavy atom. The molecule has 0 radical (unpaired) electrons. The van der Waals surface area contributed by atoms with E-state index in [0.717, 1.165) is 19.3 Å². The number of esters is 1. The monoisotopic (exact) mass is 396 g/mol. The van der Waals surface area contributed by atoms with Crippen molar-refractivity contribution in [2.45, 2.75) is 69.4 Å². The Morgan fingerprint density at radius 1 is 1.19 bits per heavy atom. The maximum atomic E-state index is 12.8. The summed E-state index contributed by atoms with van der Waals surface area (Å²) in [7, 11) is -3.71. The van der Waals surface area contributed by atoms with Crippen molar-refractivity contribution >= 4 is 21.9 Å². The van der Waals surface area contributed by atoms with Gasteiger partial charge in [0.05, 0.1) is 11.5 Å². The number of amides is 1. The smallest absolute Gasteiger partial charge is 0.331 e. The van der Waals surface area contributed by atoms with Crippen LogP contribution in [0.4, 0.5) is 0 Å². The Balaban J connectivity index is 2.26. The highest BCUT2D eigenvalue weighted by Crippen LogP contribution is 2.30. The van der Waals surface area contributed by atoms with E-state index in [1.807, 2.05) is 0 Å². The molecule has 7 nitrogen and oxygen atoms in total. The Hall–Kier alpha value is -1.93. The molecule has 0 unspecified atom stereocenters. The van der Waals surface area contributed by atoms with E-state index in [1.165, 1.54) is 24.3 Å². The molecule has 2 rings (SSSR count). The van der Waals surface area contributed by atoms with Crippen LogP contribution in [0, 0.1) is 0 Å². The zero-order chi connectivity index (χ0) is 20.1. The molecule has 1 fully saturated rings. The number of rotatable bonds is 7. The van der Waals surface area contributed by atoms with Gasteiger partial charge in [-0.25, -0.2) is 17.9 Å².